The maximum Gasteiger partial charge on any atom is 0.270 e. The van der Waals surface area contributed by atoms with Crippen LogP contribution in [0, 0.1) is 5.21 Å². The second-order valence-corrected chi connectivity index (χ2v) is 9.50. The number of benzene rings is 2. The molecule has 9 nitrogen and oxygen atoms in total. The fourth-order valence-corrected chi connectivity index (χ4v) is 4.83. The van der Waals surface area contributed by atoms with E-state index in [4.69, 9.17) is 9.47 Å². The molecule has 11 heteroatoms. The molecule has 1 amide bonds. The van der Waals surface area contributed by atoms with E-state index >= 15 is 0 Å². The van der Waals surface area contributed by atoms with E-state index in [1.807, 2.05) is 0 Å². The lowest BCUT2D eigenvalue weighted by Gasteiger charge is -2.23. The minimum atomic E-state index is -4.14. The average molecular weight is 548 g/mol. The quantitative estimate of drug-likeness (QED) is 0.372. The third kappa shape index (κ3) is 8.29. The number of amides is 1. The number of pyridine rings is 1. The minimum Gasteiger partial charge on any atom is -0.619 e. The van der Waals surface area contributed by atoms with Crippen LogP contribution in [0.1, 0.15) is 18.1 Å². The van der Waals surface area contributed by atoms with Gasteiger partial charge >= 0.3 is 0 Å². The third-order valence-electron chi connectivity index (χ3n) is 5.17. The first-order chi connectivity index (χ1) is 17.3. The minimum absolute atomic E-state index is 0. The normalized spacial score (nSPS) is 13.1. The summed E-state index contributed by atoms with van der Waals surface area (Å²) < 4.78 is 38.0. The number of methoxy groups -OCH3 is 1. The molecule has 1 fully saturated rings. The van der Waals surface area contributed by atoms with Crippen LogP contribution >= 0.6 is 12.4 Å². The van der Waals surface area contributed by atoms with Crippen molar-refractivity contribution in [3.8, 4) is 5.75 Å². The monoisotopic (exact) mass is 547 g/mol. The van der Waals surface area contributed by atoms with E-state index in [1.54, 1.807) is 48.6 Å². The largest absolute Gasteiger partial charge is 0.619 e. The molecule has 0 radical (unpaired) electrons. The number of hydrogen-bond donors (Lipinski definition) is 1. The predicted molar refractivity (Wildman–Crippen MR) is 145 cm³/mol. The van der Waals surface area contributed by atoms with E-state index in [-0.39, 0.29) is 23.0 Å². The van der Waals surface area contributed by atoms with Gasteiger partial charge in [0, 0.05) is 32.1 Å². The number of anilines is 1. The number of nitrogens with zero attached hydrogens (tertiary/aromatic N) is 2. The molecular formula is C26H30ClN3O6S. The van der Waals surface area contributed by atoms with Crippen LogP contribution in [0.2, 0.25) is 0 Å². The van der Waals surface area contributed by atoms with Crippen molar-refractivity contribution in [2.24, 2.45) is 0 Å². The SMILES string of the molecule is C1COCCN1.COc1ccc(S(=O)(=O)N(C(C)=O)c2ccccc2C=Cc2cc[n+]([O-])cc2)cc1.Cl. The highest BCUT2D eigenvalue weighted by Crippen LogP contribution is 2.29. The molecule has 1 aliphatic rings. The lowest BCUT2D eigenvalue weighted by atomic mass is 10.1. The fourth-order valence-electron chi connectivity index (χ4n) is 3.37. The van der Waals surface area contributed by atoms with Gasteiger partial charge in [-0.2, -0.15) is 4.73 Å². The molecule has 0 aliphatic carbocycles. The highest BCUT2D eigenvalue weighted by molar-refractivity contribution is 7.93. The lowest BCUT2D eigenvalue weighted by Crippen LogP contribution is -2.35. The van der Waals surface area contributed by atoms with E-state index in [1.165, 1.54) is 50.7 Å². The third-order valence-corrected chi connectivity index (χ3v) is 6.97. The van der Waals surface area contributed by atoms with Crippen molar-refractivity contribution < 1.29 is 27.4 Å². The van der Waals surface area contributed by atoms with Crippen molar-refractivity contribution in [2.75, 3.05) is 37.7 Å². The van der Waals surface area contributed by atoms with Crippen molar-refractivity contribution in [1.29, 1.82) is 0 Å². The van der Waals surface area contributed by atoms with Gasteiger partial charge in [0.25, 0.3) is 10.0 Å². The summed E-state index contributed by atoms with van der Waals surface area (Å²) in [5, 5.41) is 14.3. The Morgan fingerprint density at radius 2 is 1.65 bits per heavy atom. The number of carbonyl (C=O) groups excluding carboxylic acids is 1. The highest BCUT2D eigenvalue weighted by atomic mass is 35.5. The van der Waals surface area contributed by atoms with Crippen LogP contribution in [0.5, 0.6) is 5.75 Å². The molecule has 2 heterocycles. The molecule has 0 spiro atoms. The molecule has 0 atom stereocenters. The molecule has 1 aliphatic heterocycles. The summed E-state index contributed by atoms with van der Waals surface area (Å²) in [5.41, 5.74) is 1.51. The number of halogens is 1. The van der Waals surface area contributed by atoms with Gasteiger partial charge in [-0.15, -0.1) is 12.4 Å². The van der Waals surface area contributed by atoms with E-state index in [0.29, 0.717) is 16.0 Å². The number of ether oxygens (including phenoxy) is 2. The first-order valence-electron chi connectivity index (χ1n) is 11.3. The Hall–Kier alpha value is -3.44. The molecule has 0 bridgehead atoms. The molecule has 0 saturated carbocycles. The van der Waals surface area contributed by atoms with Gasteiger partial charge < -0.3 is 20.0 Å². The van der Waals surface area contributed by atoms with Crippen LogP contribution in [0.4, 0.5) is 5.69 Å². The van der Waals surface area contributed by atoms with Crippen LogP contribution in [-0.2, 0) is 19.6 Å². The molecule has 4 rings (SSSR count). The van der Waals surface area contributed by atoms with Crippen LogP contribution in [0.3, 0.4) is 0 Å². The average Bonchev–Trinajstić information content (AvgIpc) is 2.90. The van der Waals surface area contributed by atoms with Crippen molar-refractivity contribution in [1.82, 2.24) is 5.32 Å². The molecule has 3 aromatic rings. The standard InChI is InChI=1S/C22H20N2O5S.C4H9NO.ClH/c1-17(25)24(30(27,28)21-11-9-20(29-2)10-12-21)22-6-4-3-5-19(22)8-7-18-13-15-23(26)16-14-18;1-3-6-4-2-5-1;/h3-16H,1-2H3;5H,1-4H2;1H. The number of hydrogen-bond acceptors (Lipinski definition) is 7. The molecule has 1 aromatic heterocycles. The van der Waals surface area contributed by atoms with Crippen LogP contribution in [0.25, 0.3) is 12.2 Å². The molecule has 198 valence electrons. The number of carbonyl (C=O) groups is 1. The summed E-state index contributed by atoms with van der Waals surface area (Å²) >= 11 is 0. The number of sulfonamides is 1. The van der Waals surface area contributed by atoms with Gasteiger partial charge in [0.05, 0.1) is 30.9 Å². The Labute approximate surface area is 223 Å². The Bertz CT molecular complexity index is 1270. The van der Waals surface area contributed by atoms with Crippen LogP contribution in [0.15, 0.2) is 78.0 Å². The molecule has 0 unspecified atom stereocenters. The van der Waals surface area contributed by atoms with Crippen LogP contribution in [-0.4, -0.2) is 47.7 Å². The zero-order chi connectivity index (χ0) is 26.0. The maximum atomic E-state index is 13.2. The van der Waals surface area contributed by atoms with Gasteiger partial charge in [-0.25, -0.2) is 12.7 Å². The van der Waals surface area contributed by atoms with Crippen molar-refractivity contribution in [3.05, 3.63) is 89.4 Å². The molecule has 1 N–H and O–H groups in total. The Balaban J connectivity index is 0.000000604. The lowest BCUT2D eigenvalue weighted by molar-refractivity contribution is -0.605. The Morgan fingerprint density at radius 3 is 2.16 bits per heavy atom. The summed E-state index contributed by atoms with van der Waals surface area (Å²) in [6.07, 6.45) is 6.15. The van der Waals surface area contributed by atoms with Crippen molar-refractivity contribution >= 4 is 46.2 Å². The second kappa shape index (κ2) is 14.3. The van der Waals surface area contributed by atoms with Gasteiger partial charge in [-0.05, 0) is 41.5 Å². The topological polar surface area (TPSA) is 112 Å². The first-order valence-corrected chi connectivity index (χ1v) is 12.7. The summed E-state index contributed by atoms with van der Waals surface area (Å²) in [5.74, 6) is -0.132. The van der Waals surface area contributed by atoms with Gasteiger partial charge in [0.15, 0.2) is 12.4 Å². The zero-order valence-corrected chi connectivity index (χ0v) is 22.2. The highest BCUT2D eigenvalue weighted by Gasteiger charge is 2.30. The number of para-hydroxylation sites is 1. The Morgan fingerprint density at radius 1 is 1.03 bits per heavy atom. The second-order valence-electron chi connectivity index (χ2n) is 7.71. The number of aromatic nitrogens is 1. The van der Waals surface area contributed by atoms with E-state index in [2.05, 4.69) is 5.32 Å². The van der Waals surface area contributed by atoms with E-state index in [0.717, 1.165) is 36.2 Å². The predicted octanol–water partition coefficient (Wildman–Crippen LogP) is 3.27. The van der Waals surface area contributed by atoms with Crippen molar-refractivity contribution in [3.63, 3.8) is 0 Å². The van der Waals surface area contributed by atoms with Gasteiger partial charge in [-0.3, -0.25) is 4.79 Å². The number of rotatable bonds is 6. The number of nitrogens with one attached hydrogen (secondary N) is 1. The Kier molecular flexibility index (Phi) is 11.5. The van der Waals surface area contributed by atoms with Gasteiger partial charge in [-0.1, -0.05) is 30.4 Å². The van der Waals surface area contributed by atoms with Gasteiger partial charge in [0.2, 0.25) is 5.91 Å². The fraction of sp³-hybridized carbons (Fsp3) is 0.231. The first kappa shape index (κ1) is 29.8. The summed E-state index contributed by atoms with van der Waals surface area (Å²) in [7, 11) is -2.66. The smallest absolute Gasteiger partial charge is 0.270 e. The van der Waals surface area contributed by atoms with Crippen molar-refractivity contribution in [2.45, 2.75) is 11.8 Å². The summed E-state index contributed by atoms with van der Waals surface area (Å²) in [4.78, 5) is 12.4. The summed E-state index contributed by atoms with van der Waals surface area (Å²) in [6, 6.07) is 15.8. The van der Waals surface area contributed by atoms with Gasteiger partial charge in [0.1, 0.15) is 5.75 Å². The molecule has 1 saturated heterocycles. The number of morpholine rings is 1. The molecule has 2 aromatic carbocycles. The van der Waals surface area contributed by atoms with E-state index < -0.39 is 15.9 Å². The van der Waals surface area contributed by atoms with E-state index in [9.17, 15) is 18.4 Å². The zero-order valence-electron chi connectivity index (χ0n) is 20.6. The van der Waals surface area contributed by atoms with Crippen LogP contribution < -0.4 is 19.1 Å². The molecular weight excluding hydrogens is 518 g/mol. The maximum absolute atomic E-state index is 13.2. The summed E-state index contributed by atoms with van der Waals surface area (Å²) in [6.45, 7) is 5.03. The molecule has 37 heavy (non-hydrogen) atoms.